The van der Waals surface area contributed by atoms with E-state index in [4.69, 9.17) is 4.74 Å². The van der Waals surface area contributed by atoms with Gasteiger partial charge in [-0.25, -0.2) is 17.6 Å². The van der Waals surface area contributed by atoms with Crippen LogP contribution in [0.1, 0.15) is 36.1 Å². The number of amides is 1. The van der Waals surface area contributed by atoms with Crippen molar-refractivity contribution in [1.82, 2.24) is 4.90 Å². The van der Waals surface area contributed by atoms with E-state index in [-0.39, 0.29) is 17.5 Å². The first-order valence-electron chi connectivity index (χ1n) is 11.4. The summed E-state index contributed by atoms with van der Waals surface area (Å²) in [6, 6.07) is 10.2. The highest BCUT2D eigenvalue weighted by molar-refractivity contribution is 7.91. The largest absolute Gasteiger partial charge is 0.484 e. The summed E-state index contributed by atoms with van der Waals surface area (Å²) < 4.78 is 47.2. The first-order valence-corrected chi connectivity index (χ1v) is 13.1. The van der Waals surface area contributed by atoms with Gasteiger partial charge in [-0.2, -0.15) is 4.58 Å². The molecule has 0 aliphatic carbocycles. The van der Waals surface area contributed by atoms with Crippen molar-refractivity contribution in [3.63, 3.8) is 0 Å². The van der Waals surface area contributed by atoms with Crippen LogP contribution in [0.15, 0.2) is 53.9 Å². The summed E-state index contributed by atoms with van der Waals surface area (Å²) in [5, 5.41) is 0. The van der Waals surface area contributed by atoms with Crippen LogP contribution < -0.4 is 4.74 Å². The minimum atomic E-state index is -3.25. The van der Waals surface area contributed by atoms with Crippen LogP contribution in [0.25, 0.3) is 0 Å². The van der Waals surface area contributed by atoms with E-state index in [0.717, 1.165) is 11.3 Å². The molecule has 0 saturated heterocycles. The summed E-state index contributed by atoms with van der Waals surface area (Å²) >= 11 is 0. The molecule has 2 aliphatic rings. The van der Waals surface area contributed by atoms with Crippen molar-refractivity contribution in [2.45, 2.75) is 37.7 Å². The second kappa shape index (κ2) is 9.80. The van der Waals surface area contributed by atoms with Gasteiger partial charge in [-0.15, -0.1) is 0 Å². The fourth-order valence-corrected chi connectivity index (χ4v) is 6.17. The average molecular weight is 486 g/mol. The third-order valence-electron chi connectivity index (χ3n) is 6.49. The van der Waals surface area contributed by atoms with Gasteiger partial charge in [-0.3, -0.25) is 4.90 Å². The van der Waals surface area contributed by atoms with Gasteiger partial charge in [0.05, 0.1) is 23.7 Å². The quantitative estimate of drug-likeness (QED) is 0.463. The molecule has 1 unspecified atom stereocenters. The maximum absolute atomic E-state index is 14.4. The number of benzene rings is 2. The number of aryl methyl sites for hydroxylation is 2. The van der Waals surface area contributed by atoms with E-state index in [2.05, 4.69) is 11.5 Å². The molecule has 0 fully saturated rings. The molecule has 2 aromatic carbocycles. The van der Waals surface area contributed by atoms with Crippen molar-refractivity contribution in [3.05, 3.63) is 71.6 Å². The van der Waals surface area contributed by atoms with Crippen molar-refractivity contribution in [1.29, 1.82) is 0 Å². The van der Waals surface area contributed by atoms with Gasteiger partial charge in [0.25, 0.3) is 0 Å². The van der Waals surface area contributed by atoms with Gasteiger partial charge in [0.15, 0.2) is 22.1 Å². The number of sulfone groups is 1. The molecule has 2 aliphatic heterocycles. The monoisotopic (exact) mass is 485 g/mol. The van der Waals surface area contributed by atoms with Crippen LogP contribution in [0.4, 0.5) is 4.39 Å². The Morgan fingerprint density at radius 2 is 2.06 bits per heavy atom. The number of halogens is 1. The Morgan fingerprint density at radius 3 is 2.76 bits per heavy atom. The Hall–Kier alpha value is -2.84. The molecule has 0 radical (unpaired) electrons. The molecule has 8 heteroatoms. The molecule has 1 atom stereocenters. The summed E-state index contributed by atoms with van der Waals surface area (Å²) in [6.07, 6.45) is 2.12. The third kappa shape index (κ3) is 5.13. The predicted molar refractivity (Wildman–Crippen MR) is 129 cm³/mol. The number of carbonyl (C=O) groups excluding carboxylic acids is 1. The van der Waals surface area contributed by atoms with Gasteiger partial charge in [0.1, 0.15) is 17.7 Å². The molecular weight excluding hydrogens is 455 g/mol. The molecule has 0 aromatic heterocycles. The number of carbonyl (C=O) groups is 1. The topological polar surface area (TPSA) is 66.7 Å². The second-order valence-electron chi connectivity index (χ2n) is 8.97. The Labute approximate surface area is 200 Å². The number of ether oxygens (including phenoxy) is 1. The van der Waals surface area contributed by atoms with Crippen LogP contribution in [0.5, 0.6) is 5.75 Å². The van der Waals surface area contributed by atoms with Crippen molar-refractivity contribution < 1.29 is 26.9 Å². The van der Waals surface area contributed by atoms with Crippen molar-refractivity contribution in [2.75, 3.05) is 31.9 Å². The SMILES string of the molecule is C=CC(=O)[N+]1=C(C)CN(CC(Oc2ccc3c(c2)CCCS3(=O)=O)c2ccc(C)c(F)c2)CC1. The predicted octanol–water partition coefficient (Wildman–Crippen LogP) is 3.48. The minimum Gasteiger partial charge on any atom is -0.484 e. The first-order chi connectivity index (χ1) is 16.2. The zero-order valence-electron chi connectivity index (χ0n) is 19.6. The van der Waals surface area contributed by atoms with Crippen LogP contribution in [0.2, 0.25) is 0 Å². The van der Waals surface area contributed by atoms with Crippen LogP contribution in [0, 0.1) is 12.7 Å². The Morgan fingerprint density at radius 1 is 1.26 bits per heavy atom. The molecule has 2 heterocycles. The number of fused-ring (bicyclic) bond motifs is 1. The van der Waals surface area contributed by atoms with Gasteiger partial charge in [-0.05, 0) is 60.7 Å². The van der Waals surface area contributed by atoms with Crippen molar-refractivity contribution >= 4 is 21.5 Å². The maximum Gasteiger partial charge on any atom is 0.411 e. The number of hydrogen-bond acceptors (Lipinski definition) is 5. The lowest BCUT2D eigenvalue weighted by Crippen LogP contribution is -2.47. The zero-order valence-corrected chi connectivity index (χ0v) is 20.4. The molecule has 180 valence electrons. The molecule has 6 nitrogen and oxygen atoms in total. The van der Waals surface area contributed by atoms with E-state index in [1.54, 1.807) is 35.8 Å². The van der Waals surface area contributed by atoms with Crippen LogP contribution in [0.3, 0.4) is 0 Å². The minimum absolute atomic E-state index is 0.116. The molecule has 34 heavy (non-hydrogen) atoms. The van der Waals surface area contributed by atoms with Crippen molar-refractivity contribution in [2.24, 2.45) is 0 Å². The molecule has 1 amide bonds. The summed E-state index contributed by atoms with van der Waals surface area (Å²) in [5.74, 6) is 0.311. The smallest absolute Gasteiger partial charge is 0.411 e. The van der Waals surface area contributed by atoms with E-state index >= 15 is 0 Å². The number of nitrogens with zero attached hydrogens (tertiary/aromatic N) is 2. The fourth-order valence-electron chi connectivity index (χ4n) is 4.59. The Bertz CT molecular complexity index is 1270. The number of rotatable bonds is 6. The van der Waals surface area contributed by atoms with Gasteiger partial charge >= 0.3 is 5.91 Å². The van der Waals surface area contributed by atoms with Gasteiger partial charge in [0, 0.05) is 19.5 Å². The summed E-state index contributed by atoms with van der Waals surface area (Å²) in [7, 11) is -3.25. The Balaban J connectivity index is 1.61. The van der Waals surface area contributed by atoms with Crippen molar-refractivity contribution in [3.8, 4) is 5.75 Å². The van der Waals surface area contributed by atoms with Gasteiger partial charge in [0.2, 0.25) is 0 Å². The lowest BCUT2D eigenvalue weighted by Gasteiger charge is -2.30. The average Bonchev–Trinajstić information content (AvgIpc) is 2.80. The lowest BCUT2D eigenvalue weighted by molar-refractivity contribution is -0.451. The highest BCUT2D eigenvalue weighted by atomic mass is 32.2. The zero-order chi connectivity index (χ0) is 24.5. The summed E-state index contributed by atoms with van der Waals surface area (Å²) in [4.78, 5) is 14.6. The molecular formula is C26H30FN2O4S+. The molecule has 0 spiro atoms. The standard InChI is InChI=1S/C26H30FN2O4S/c1-4-26(30)29-12-11-28(16-19(29)3)17-24(20-8-7-18(2)23(27)15-20)33-22-9-10-25-21(14-22)6-5-13-34(25,31)32/h4,7-10,14-15,24H,1,5-6,11-13,16-17H2,2-3H3/q+1. The molecule has 0 bridgehead atoms. The molecule has 0 N–H and O–H groups in total. The molecule has 0 saturated carbocycles. The lowest BCUT2D eigenvalue weighted by atomic mass is 10.0. The fraction of sp³-hybridized carbons (Fsp3) is 0.385. The van der Waals surface area contributed by atoms with Crippen LogP contribution in [-0.4, -0.2) is 61.4 Å². The van der Waals surface area contributed by atoms with E-state index < -0.39 is 15.9 Å². The number of hydrogen-bond donors (Lipinski definition) is 0. The Kier molecular flexibility index (Phi) is 7.00. The highest BCUT2D eigenvalue weighted by Gasteiger charge is 2.29. The van der Waals surface area contributed by atoms with E-state index in [0.29, 0.717) is 60.8 Å². The molecule has 2 aromatic rings. The normalized spacial score (nSPS) is 18.8. The third-order valence-corrected chi connectivity index (χ3v) is 8.38. The first kappa shape index (κ1) is 24.3. The highest BCUT2D eigenvalue weighted by Crippen LogP contribution is 2.31. The van der Waals surface area contributed by atoms with Gasteiger partial charge < -0.3 is 4.74 Å². The van der Waals surface area contributed by atoms with E-state index in [1.807, 2.05) is 13.0 Å². The van der Waals surface area contributed by atoms with Crippen LogP contribution in [-0.2, 0) is 21.1 Å². The van der Waals surface area contributed by atoms with E-state index in [9.17, 15) is 17.6 Å². The summed E-state index contributed by atoms with van der Waals surface area (Å²) in [6.45, 7) is 9.46. The van der Waals surface area contributed by atoms with Crippen LogP contribution >= 0.6 is 0 Å². The molecule has 4 rings (SSSR count). The second-order valence-corrected chi connectivity index (χ2v) is 11.0. The summed E-state index contributed by atoms with van der Waals surface area (Å²) in [5.41, 5.74) is 2.94. The van der Waals surface area contributed by atoms with Gasteiger partial charge in [-0.1, -0.05) is 18.7 Å². The maximum atomic E-state index is 14.4. The van der Waals surface area contributed by atoms with E-state index in [1.165, 1.54) is 12.1 Å².